The molecule has 0 atom stereocenters. The van der Waals surface area contributed by atoms with Gasteiger partial charge in [-0.3, -0.25) is 9.97 Å². The molecule has 1 aromatic carbocycles. The Bertz CT molecular complexity index is 587. The van der Waals surface area contributed by atoms with Crippen molar-refractivity contribution in [2.75, 3.05) is 11.9 Å². The van der Waals surface area contributed by atoms with Crippen molar-refractivity contribution >= 4 is 38.5 Å². The van der Waals surface area contributed by atoms with Crippen LogP contribution in [0.1, 0.15) is 6.42 Å². The maximum Gasteiger partial charge on any atom is 0.140 e. The van der Waals surface area contributed by atoms with Crippen molar-refractivity contribution < 1.29 is 5.21 Å². The molecule has 0 radical (unpaired) electrons. The molecule has 2 rings (SSSR count). The molecule has 0 spiro atoms. The summed E-state index contributed by atoms with van der Waals surface area (Å²) in [5, 5.41) is 14.5. The molecule has 2 aromatic rings. The molecule has 0 aliphatic rings. The zero-order chi connectivity index (χ0) is 13.0. The molecule has 0 aliphatic heterocycles. The zero-order valence-electron chi connectivity index (χ0n) is 9.47. The number of nitrogens with two attached hydrogens (primary N) is 1. The van der Waals surface area contributed by atoms with Gasteiger partial charge in [0, 0.05) is 25.4 Å². The summed E-state index contributed by atoms with van der Waals surface area (Å²) in [4.78, 5) is 8.48. The molecule has 0 unspecified atom stereocenters. The van der Waals surface area contributed by atoms with Crippen LogP contribution in [0.3, 0.4) is 0 Å². The standard InChI is InChI=1S/C11H12BrN5O/c12-10-7(14-4-3-9(13)17-18)1-2-8-11(10)16-6-5-15-8/h1-2,5-6,14,18H,3-4H2,(H2,13,17). The average Bonchev–Trinajstić information content (AvgIpc) is 2.41. The van der Waals surface area contributed by atoms with Crippen LogP contribution in [0.15, 0.2) is 34.2 Å². The normalized spacial score (nSPS) is 11.7. The molecule has 4 N–H and O–H groups in total. The maximum absolute atomic E-state index is 8.44. The number of hydrogen-bond donors (Lipinski definition) is 3. The van der Waals surface area contributed by atoms with Gasteiger partial charge in [0.2, 0.25) is 0 Å². The summed E-state index contributed by atoms with van der Waals surface area (Å²) in [6.45, 7) is 0.570. The third kappa shape index (κ3) is 2.67. The van der Waals surface area contributed by atoms with Crippen molar-refractivity contribution in [1.29, 1.82) is 0 Å². The predicted molar refractivity (Wildman–Crippen MR) is 73.8 cm³/mol. The van der Waals surface area contributed by atoms with Gasteiger partial charge in [-0.05, 0) is 28.1 Å². The van der Waals surface area contributed by atoms with Gasteiger partial charge >= 0.3 is 0 Å². The second-order valence-corrected chi connectivity index (χ2v) is 4.41. The van der Waals surface area contributed by atoms with Crippen LogP contribution < -0.4 is 11.1 Å². The number of benzene rings is 1. The molecule has 94 valence electrons. The number of oxime groups is 1. The van der Waals surface area contributed by atoms with E-state index in [9.17, 15) is 0 Å². The average molecular weight is 310 g/mol. The van der Waals surface area contributed by atoms with Gasteiger partial charge in [-0.1, -0.05) is 5.16 Å². The Morgan fingerprint density at radius 2 is 2.17 bits per heavy atom. The molecule has 7 heteroatoms. The van der Waals surface area contributed by atoms with Crippen LogP contribution in [-0.4, -0.2) is 27.6 Å². The van der Waals surface area contributed by atoms with Crippen LogP contribution in [-0.2, 0) is 0 Å². The molecule has 0 aliphatic carbocycles. The number of fused-ring (bicyclic) bond motifs is 1. The number of halogens is 1. The van der Waals surface area contributed by atoms with Gasteiger partial charge in [-0.25, -0.2) is 0 Å². The molecule has 18 heavy (non-hydrogen) atoms. The first-order valence-corrected chi connectivity index (χ1v) is 6.11. The molecule has 1 aromatic heterocycles. The zero-order valence-corrected chi connectivity index (χ0v) is 11.1. The van der Waals surface area contributed by atoms with Gasteiger partial charge < -0.3 is 16.3 Å². The van der Waals surface area contributed by atoms with E-state index in [1.807, 2.05) is 12.1 Å². The summed E-state index contributed by atoms with van der Waals surface area (Å²) < 4.78 is 0.854. The summed E-state index contributed by atoms with van der Waals surface area (Å²) in [6.07, 6.45) is 3.76. The lowest BCUT2D eigenvalue weighted by molar-refractivity contribution is 0.317. The van der Waals surface area contributed by atoms with Gasteiger partial charge in [0.1, 0.15) is 11.4 Å². The molecule has 6 nitrogen and oxygen atoms in total. The largest absolute Gasteiger partial charge is 0.409 e. The Balaban J connectivity index is 2.16. The molecular weight excluding hydrogens is 298 g/mol. The van der Waals surface area contributed by atoms with E-state index in [1.54, 1.807) is 12.4 Å². The summed E-state index contributed by atoms with van der Waals surface area (Å²) >= 11 is 3.49. The molecule has 1 heterocycles. The number of nitrogens with zero attached hydrogens (tertiary/aromatic N) is 3. The van der Waals surface area contributed by atoms with E-state index in [0.29, 0.717) is 13.0 Å². The first kappa shape index (κ1) is 12.6. The molecular formula is C11H12BrN5O. The minimum Gasteiger partial charge on any atom is -0.409 e. The quantitative estimate of drug-likeness (QED) is 0.347. The van der Waals surface area contributed by atoms with Crippen LogP contribution in [0, 0.1) is 0 Å². The monoisotopic (exact) mass is 309 g/mol. The van der Waals surface area contributed by atoms with E-state index in [0.717, 1.165) is 21.2 Å². The number of amidine groups is 1. The molecule has 0 bridgehead atoms. The molecule has 0 amide bonds. The van der Waals surface area contributed by atoms with Crippen LogP contribution in [0.4, 0.5) is 5.69 Å². The third-order valence-corrected chi connectivity index (χ3v) is 3.21. The molecule has 0 saturated carbocycles. The van der Waals surface area contributed by atoms with E-state index in [4.69, 9.17) is 10.9 Å². The first-order valence-electron chi connectivity index (χ1n) is 5.32. The topological polar surface area (TPSA) is 96.4 Å². The summed E-state index contributed by atoms with van der Waals surface area (Å²) in [5.41, 5.74) is 7.91. The number of aromatic nitrogens is 2. The van der Waals surface area contributed by atoms with E-state index in [2.05, 4.69) is 36.4 Å². The van der Waals surface area contributed by atoms with E-state index in [1.165, 1.54) is 0 Å². The number of anilines is 1. The summed E-state index contributed by atoms with van der Waals surface area (Å²) in [7, 11) is 0. The summed E-state index contributed by atoms with van der Waals surface area (Å²) in [6, 6.07) is 3.80. The highest BCUT2D eigenvalue weighted by atomic mass is 79.9. The Morgan fingerprint density at radius 1 is 1.39 bits per heavy atom. The van der Waals surface area contributed by atoms with Crippen molar-refractivity contribution in [3.05, 3.63) is 29.0 Å². The van der Waals surface area contributed by atoms with Crippen LogP contribution >= 0.6 is 15.9 Å². The fraction of sp³-hybridized carbons (Fsp3) is 0.182. The van der Waals surface area contributed by atoms with E-state index >= 15 is 0 Å². The SMILES string of the molecule is N/C(CCNc1ccc2nccnc2c1Br)=N/O. The smallest absolute Gasteiger partial charge is 0.140 e. The van der Waals surface area contributed by atoms with Gasteiger partial charge in [0.05, 0.1) is 15.7 Å². The lowest BCUT2D eigenvalue weighted by Crippen LogP contribution is -2.16. The lowest BCUT2D eigenvalue weighted by atomic mass is 10.2. The minimum atomic E-state index is 0.194. The number of hydrogen-bond acceptors (Lipinski definition) is 5. The highest BCUT2D eigenvalue weighted by molar-refractivity contribution is 9.10. The van der Waals surface area contributed by atoms with Crippen LogP contribution in [0.2, 0.25) is 0 Å². The van der Waals surface area contributed by atoms with Crippen molar-refractivity contribution in [3.8, 4) is 0 Å². The number of rotatable bonds is 4. The predicted octanol–water partition coefficient (Wildman–Crippen LogP) is 1.94. The minimum absolute atomic E-state index is 0.194. The third-order valence-electron chi connectivity index (χ3n) is 2.40. The Labute approximate surface area is 112 Å². The fourth-order valence-corrected chi connectivity index (χ4v) is 2.09. The Kier molecular flexibility index (Phi) is 3.93. The summed E-state index contributed by atoms with van der Waals surface area (Å²) in [5.74, 6) is 0.194. The second kappa shape index (κ2) is 5.63. The van der Waals surface area contributed by atoms with Gasteiger partial charge in [0.25, 0.3) is 0 Å². The van der Waals surface area contributed by atoms with E-state index in [-0.39, 0.29) is 5.84 Å². The van der Waals surface area contributed by atoms with Gasteiger partial charge in [-0.15, -0.1) is 0 Å². The number of nitrogens with one attached hydrogen (secondary N) is 1. The first-order chi connectivity index (χ1) is 8.72. The van der Waals surface area contributed by atoms with Crippen LogP contribution in [0.25, 0.3) is 11.0 Å². The van der Waals surface area contributed by atoms with Crippen molar-refractivity contribution in [2.24, 2.45) is 10.9 Å². The van der Waals surface area contributed by atoms with Crippen molar-refractivity contribution in [3.63, 3.8) is 0 Å². The van der Waals surface area contributed by atoms with Gasteiger partial charge in [-0.2, -0.15) is 0 Å². The molecule has 0 fully saturated rings. The highest BCUT2D eigenvalue weighted by Crippen LogP contribution is 2.28. The van der Waals surface area contributed by atoms with Crippen molar-refractivity contribution in [2.45, 2.75) is 6.42 Å². The molecule has 0 saturated heterocycles. The Morgan fingerprint density at radius 3 is 2.94 bits per heavy atom. The Hall–Kier alpha value is -1.89. The second-order valence-electron chi connectivity index (χ2n) is 3.62. The fourth-order valence-electron chi connectivity index (χ4n) is 1.51. The maximum atomic E-state index is 8.44. The highest BCUT2D eigenvalue weighted by Gasteiger charge is 2.06. The lowest BCUT2D eigenvalue weighted by Gasteiger charge is -2.09. The van der Waals surface area contributed by atoms with Crippen molar-refractivity contribution in [1.82, 2.24) is 9.97 Å². The van der Waals surface area contributed by atoms with Gasteiger partial charge in [0.15, 0.2) is 0 Å². The van der Waals surface area contributed by atoms with E-state index < -0.39 is 0 Å². The van der Waals surface area contributed by atoms with Crippen LogP contribution in [0.5, 0.6) is 0 Å².